The normalized spacial score (nSPS) is 18.9. The van der Waals surface area contributed by atoms with Crippen LogP contribution < -0.4 is 5.32 Å². The zero-order chi connectivity index (χ0) is 11.3. The molecule has 1 rings (SSSR count). The van der Waals surface area contributed by atoms with E-state index < -0.39 is 0 Å². The molecule has 88 valence electrons. The van der Waals surface area contributed by atoms with Crippen LogP contribution in [-0.2, 0) is 9.53 Å². The number of ether oxygens (including phenoxy) is 1. The van der Waals surface area contributed by atoms with E-state index in [-0.39, 0.29) is 17.5 Å². The first-order chi connectivity index (χ1) is 7.05. The molecule has 1 fully saturated rings. The van der Waals surface area contributed by atoms with Gasteiger partial charge in [0.25, 0.3) is 0 Å². The second kappa shape index (κ2) is 5.85. The SMILES string of the molecule is CC(C)(CCBr)OC(=O)C1CCNCC1. The third-order valence-electron chi connectivity index (χ3n) is 2.75. The summed E-state index contributed by atoms with van der Waals surface area (Å²) in [5.41, 5.74) is -0.342. The molecule has 1 N–H and O–H groups in total. The molecule has 1 aliphatic heterocycles. The maximum atomic E-state index is 11.8. The van der Waals surface area contributed by atoms with Gasteiger partial charge in [0.15, 0.2) is 0 Å². The Labute approximate surface area is 100 Å². The first-order valence-corrected chi connectivity index (χ1v) is 6.67. The second-order valence-electron chi connectivity index (χ2n) is 4.64. The minimum Gasteiger partial charge on any atom is -0.459 e. The molecule has 0 bridgehead atoms. The van der Waals surface area contributed by atoms with Gasteiger partial charge in [-0.1, -0.05) is 15.9 Å². The Kier molecular flexibility index (Phi) is 5.06. The van der Waals surface area contributed by atoms with Crippen LogP contribution in [0.1, 0.15) is 33.1 Å². The van der Waals surface area contributed by atoms with E-state index in [4.69, 9.17) is 4.74 Å². The van der Waals surface area contributed by atoms with Gasteiger partial charge in [0.1, 0.15) is 5.60 Å². The fourth-order valence-corrected chi connectivity index (χ4v) is 2.65. The second-order valence-corrected chi connectivity index (χ2v) is 5.44. The largest absolute Gasteiger partial charge is 0.459 e. The van der Waals surface area contributed by atoms with Gasteiger partial charge in [-0.25, -0.2) is 0 Å². The molecular formula is C11H20BrNO2. The first-order valence-electron chi connectivity index (χ1n) is 5.55. The van der Waals surface area contributed by atoms with Gasteiger partial charge in [-0.05, 0) is 46.2 Å². The summed E-state index contributed by atoms with van der Waals surface area (Å²) in [5.74, 6) is 0.0725. The summed E-state index contributed by atoms with van der Waals surface area (Å²) >= 11 is 3.37. The zero-order valence-corrected chi connectivity index (χ0v) is 11.1. The van der Waals surface area contributed by atoms with Crippen LogP contribution in [0.5, 0.6) is 0 Å². The van der Waals surface area contributed by atoms with Gasteiger partial charge >= 0.3 is 5.97 Å². The molecule has 0 aliphatic carbocycles. The van der Waals surface area contributed by atoms with E-state index in [0.717, 1.165) is 37.7 Å². The number of esters is 1. The van der Waals surface area contributed by atoms with Crippen molar-refractivity contribution in [3.63, 3.8) is 0 Å². The lowest BCUT2D eigenvalue weighted by Crippen LogP contribution is -2.37. The van der Waals surface area contributed by atoms with E-state index >= 15 is 0 Å². The Balaban J connectivity index is 2.39. The number of halogens is 1. The van der Waals surface area contributed by atoms with Crippen LogP contribution in [-0.4, -0.2) is 30.0 Å². The van der Waals surface area contributed by atoms with E-state index in [2.05, 4.69) is 21.2 Å². The molecule has 1 heterocycles. The van der Waals surface area contributed by atoms with Gasteiger partial charge in [-0.15, -0.1) is 0 Å². The van der Waals surface area contributed by atoms with Crippen LogP contribution in [0.25, 0.3) is 0 Å². The van der Waals surface area contributed by atoms with Crippen LogP contribution in [0.2, 0.25) is 0 Å². The molecule has 15 heavy (non-hydrogen) atoms. The topological polar surface area (TPSA) is 38.3 Å². The molecule has 0 aromatic rings. The van der Waals surface area contributed by atoms with E-state index in [1.807, 2.05) is 13.8 Å². The van der Waals surface area contributed by atoms with E-state index in [9.17, 15) is 4.79 Å². The number of carbonyl (C=O) groups excluding carboxylic acids is 1. The van der Waals surface area contributed by atoms with E-state index in [0.29, 0.717) is 0 Å². The van der Waals surface area contributed by atoms with Gasteiger partial charge in [-0.2, -0.15) is 0 Å². The Morgan fingerprint density at radius 3 is 2.60 bits per heavy atom. The molecule has 0 unspecified atom stereocenters. The first kappa shape index (κ1) is 13.0. The summed E-state index contributed by atoms with van der Waals surface area (Å²) in [7, 11) is 0. The molecule has 1 aliphatic rings. The number of hydrogen-bond donors (Lipinski definition) is 1. The molecule has 0 amide bonds. The molecule has 3 nitrogen and oxygen atoms in total. The third-order valence-corrected chi connectivity index (χ3v) is 3.14. The molecule has 0 radical (unpaired) electrons. The molecule has 0 saturated carbocycles. The molecule has 1 saturated heterocycles. The number of carbonyl (C=O) groups is 1. The van der Waals surface area contributed by atoms with Crippen molar-refractivity contribution >= 4 is 21.9 Å². The van der Waals surface area contributed by atoms with E-state index in [1.54, 1.807) is 0 Å². The summed E-state index contributed by atoms with van der Waals surface area (Å²) in [6, 6.07) is 0. The van der Waals surface area contributed by atoms with Gasteiger partial charge in [0.2, 0.25) is 0 Å². The highest BCUT2D eigenvalue weighted by molar-refractivity contribution is 9.09. The number of alkyl halides is 1. The third kappa shape index (κ3) is 4.51. The summed E-state index contributed by atoms with van der Waals surface area (Å²) < 4.78 is 5.52. The van der Waals surface area contributed by atoms with Gasteiger partial charge in [0.05, 0.1) is 5.92 Å². The van der Waals surface area contributed by atoms with E-state index in [1.165, 1.54) is 0 Å². The summed E-state index contributed by atoms with van der Waals surface area (Å²) in [5, 5.41) is 4.10. The maximum Gasteiger partial charge on any atom is 0.309 e. The fraction of sp³-hybridized carbons (Fsp3) is 0.909. The van der Waals surface area contributed by atoms with Crippen molar-refractivity contribution in [3.8, 4) is 0 Å². The van der Waals surface area contributed by atoms with Crippen molar-refractivity contribution in [1.82, 2.24) is 5.32 Å². The molecule has 0 aromatic carbocycles. The Morgan fingerprint density at radius 2 is 2.07 bits per heavy atom. The monoisotopic (exact) mass is 277 g/mol. The highest BCUT2D eigenvalue weighted by Gasteiger charge is 2.28. The number of hydrogen-bond acceptors (Lipinski definition) is 3. The van der Waals surface area contributed by atoms with Gasteiger partial charge in [-0.3, -0.25) is 4.79 Å². The standard InChI is InChI=1S/C11H20BrNO2/c1-11(2,5-6-12)15-10(14)9-3-7-13-8-4-9/h9,13H,3-8H2,1-2H3. The molecule has 0 aromatic heterocycles. The summed E-state index contributed by atoms with van der Waals surface area (Å²) in [6.45, 7) is 5.79. The van der Waals surface area contributed by atoms with Crippen LogP contribution in [0.4, 0.5) is 0 Å². The average molecular weight is 278 g/mol. The smallest absolute Gasteiger partial charge is 0.309 e. The predicted octanol–water partition coefficient (Wildman–Crippen LogP) is 2.09. The zero-order valence-electron chi connectivity index (χ0n) is 9.51. The van der Waals surface area contributed by atoms with Crippen molar-refractivity contribution < 1.29 is 9.53 Å². The van der Waals surface area contributed by atoms with Crippen molar-refractivity contribution in [2.24, 2.45) is 5.92 Å². The van der Waals surface area contributed by atoms with Crippen molar-refractivity contribution in [1.29, 1.82) is 0 Å². The highest BCUT2D eigenvalue weighted by Crippen LogP contribution is 2.21. The van der Waals surface area contributed by atoms with Crippen molar-refractivity contribution in [3.05, 3.63) is 0 Å². The lowest BCUT2D eigenvalue weighted by Gasteiger charge is -2.28. The van der Waals surface area contributed by atoms with Crippen LogP contribution >= 0.6 is 15.9 Å². The number of nitrogens with one attached hydrogen (secondary N) is 1. The number of rotatable bonds is 4. The summed E-state index contributed by atoms with van der Waals surface area (Å²) in [4.78, 5) is 11.8. The highest BCUT2D eigenvalue weighted by atomic mass is 79.9. The van der Waals surface area contributed by atoms with Crippen LogP contribution in [0, 0.1) is 5.92 Å². The number of piperidine rings is 1. The molecule has 0 atom stereocenters. The maximum absolute atomic E-state index is 11.8. The molecule has 0 spiro atoms. The van der Waals surface area contributed by atoms with Gasteiger partial charge < -0.3 is 10.1 Å². The Hall–Kier alpha value is -0.0900. The van der Waals surface area contributed by atoms with Crippen LogP contribution in [0.15, 0.2) is 0 Å². The Morgan fingerprint density at radius 1 is 1.47 bits per heavy atom. The molecule has 4 heteroatoms. The lowest BCUT2D eigenvalue weighted by atomic mass is 9.97. The minimum absolute atomic E-state index is 0.0255. The Bertz CT molecular complexity index is 213. The molecular weight excluding hydrogens is 258 g/mol. The van der Waals surface area contributed by atoms with Crippen molar-refractivity contribution in [2.45, 2.75) is 38.7 Å². The fourth-order valence-electron chi connectivity index (χ4n) is 1.69. The quantitative estimate of drug-likeness (QED) is 0.632. The van der Waals surface area contributed by atoms with Gasteiger partial charge in [0, 0.05) is 5.33 Å². The van der Waals surface area contributed by atoms with Crippen molar-refractivity contribution in [2.75, 3.05) is 18.4 Å². The predicted molar refractivity (Wildman–Crippen MR) is 64.2 cm³/mol. The summed E-state index contributed by atoms with van der Waals surface area (Å²) in [6.07, 6.45) is 2.66. The minimum atomic E-state index is -0.342. The average Bonchev–Trinajstić information content (AvgIpc) is 2.18. The van der Waals surface area contributed by atoms with Crippen LogP contribution in [0.3, 0.4) is 0 Å². The lowest BCUT2D eigenvalue weighted by molar-refractivity contribution is -0.162.